The molecule has 0 amide bonds. The lowest BCUT2D eigenvalue weighted by atomic mass is 9.99. The Balaban J connectivity index is 1.59. The molecule has 0 aliphatic carbocycles. The molecule has 0 saturated carbocycles. The fourth-order valence-electron chi connectivity index (χ4n) is 3.39. The van der Waals surface area contributed by atoms with Crippen LogP contribution in [0.1, 0.15) is 11.4 Å². The third-order valence-corrected chi connectivity index (χ3v) is 4.97. The summed E-state index contributed by atoms with van der Waals surface area (Å²) in [5.74, 6) is 0.983. The predicted molar refractivity (Wildman–Crippen MR) is 103 cm³/mol. The first-order chi connectivity index (χ1) is 14.6. The highest BCUT2D eigenvalue weighted by molar-refractivity contribution is 5.71. The molecule has 158 valence electrons. The molecule has 5 N–H and O–H groups in total. The molecule has 0 spiro atoms. The average Bonchev–Trinajstić information content (AvgIpc) is 3.27. The maximum Gasteiger partial charge on any atom is 0.229 e. The fraction of sp³-hybridized carbons (Fsp3) is 0.350. The van der Waals surface area contributed by atoms with E-state index >= 15 is 0 Å². The highest BCUT2D eigenvalue weighted by Gasteiger charge is 2.44. The number of benzene rings is 2. The lowest BCUT2D eigenvalue weighted by molar-refractivity contribution is -0.277. The summed E-state index contributed by atoms with van der Waals surface area (Å²) in [5, 5.41) is 53.5. The van der Waals surface area contributed by atoms with Gasteiger partial charge in [0, 0.05) is 12.0 Å². The number of ether oxygens (including phenoxy) is 2. The molecule has 2 aromatic carbocycles. The third-order valence-electron chi connectivity index (χ3n) is 4.97. The van der Waals surface area contributed by atoms with Gasteiger partial charge < -0.3 is 29.9 Å². The normalized spacial score (nSPS) is 26.5. The number of hydrogen-bond acceptors (Lipinski definition) is 9. The van der Waals surface area contributed by atoms with Gasteiger partial charge in [-0.2, -0.15) is 5.21 Å². The highest BCUT2D eigenvalue weighted by atomic mass is 16.7. The second-order valence-electron chi connectivity index (χ2n) is 7.02. The Morgan fingerprint density at radius 1 is 1.00 bits per heavy atom. The van der Waals surface area contributed by atoms with Crippen molar-refractivity contribution in [3.8, 4) is 16.9 Å². The molecular weight excluding hydrogens is 392 g/mol. The van der Waals surface area contributed by atoms with Gasteiger partial charge in [0.2, 0.25) is 6.29 Å². The lowest BCUT2D eigenvalue weighted by Crippen LogP contribution is -2.60. The molecule has 10 nitrogen and oxygen atoms in total. The number of hydrogen-bond donors (Lipinski definition) is 5. The first-order valence-corrected chi connectivity index (χ1v) is 9.44. The summed E-state index contributed by atoms with van der Waals surface area (Å²) >= 11 is 0. The Morgan fingerprint density at radius 2 is 1.83 bits per heavy atom. The Labute approximate surface area is 171 Å². The summed E-state index contributed by atoms with van der Waals surface area (Å²) in [6, 6.07) is 14.9. The third kappa shape index (κ3) is 4.18. The van der Waals surface area contributed by atoms with Crippen molar-refractivity contribution in [2.45, 2.75) is 37.1 Å². The van der Waals surface area contributed by atoms with E-state index in [1.54, 1.807) is 12.1 Å². The molecule has 1 aromatic heterocycles. The molecule has 30 heavy (non-hydrogen) atoms. The van der Waals surface area contributed by atoms with Gasteiger partial charge in [0.15, 0.2) is 5.82 Å². The molecule has 1 aliphatic rings. The average molecular weight is 414 g/mol. The topological polar surface area (TPSA) is 154 Å². The van der Waals surface area contributed by atoms with Gasteiger partial charge in [0.05, 0.1) is 6.61 Å². The van der Waals surface area contributed by atoms with E-state index in [9.17, 15) is 20.4 Å². The van der Waals surface area contributed by atoms with Crippen LogP contribution in [-0.4, -0.2) is 78.4 Å². The van der Waals surface area contributed by atoms with Crippen LogP contribution in [0.5, 0.6) is 5.75 Å². The van der Waals surface area contributed by atoms with Crippen molar-refractivity contribution in [3.05, 3.63) is 59.9 Å². The lowest BCUT2D eigenvalue weighted by Gasteiger charge is -2.39. The summed E-state index contributed by atoms with van der Waals surface area (Å²) in [6.45, 7) is -0.523. The van der Waals surface area contributed by atoms with Crippen LogP contribution in [0.4, 0.5) is 0 Å². The summed E-state index contributed by atoms with van der Waals surface area (Å²) in [6.07, 6.45) is -6.24. The van der Waals surface area contributed by atoms with Crippen LogP contribution < -0.4 is 4.74 Å². The number of tetrazole rings is 1. The van der Waals surface area contributed by atoms with E-state index in [4.69, 9.17) is 9.47 Å². The first kappa shape index (κ1) is 20.4. The highest BCUT2D eigenvalue weighted by Crippen LogP contribution is 2.33. The number of aliphatic hydroxyl groups is 4. The Morgan fingerprint density at radius 3 is 2.60 bits per heavy atom. The molecule has 1 saturated heterocycles. The van der Waals surface area contributed by atoms with Gasteiger partial charge in [-0.3, -0.25) is 0 Å². The smallest absolute Gasteiger partial charge is 0.229 e. The van der Waals surface area contributed by atoms with E-state index in [2.05, 4.69) is 20.6 Å². The molecular formula is C20H22N4O6. The van der Waals surface area contributed by atoms with Crippen molar-refractivity contribution in [3.63, 3.8) is 0 Å². The van der Waals surface area contributed by atoms with Gasteiger partial charge in [-0.25, -0.2) is 0 Å². The van der Waals surface area contributed by atoms with Gasteiger partial charge in [-0.15, -0.1) is 10.2 Å². The first-order valence-electron chi connectivity index (χ1n) is 9.44. The van der Waals surface area contributed by atoms with Crippen molar-refractivity contribution in [2.24, 2.45) is 0 Å². The summed E-state index contributed by atoms with van der Waals surface area (Å²) in [4.78, 5) is 0. The number of aromatic nitrogens is 4. The van der Waals surface area contributed by atoms with Crippen LogP contribution in [0.2, 0.25) is 0 Å². The van der Waals surface area contributed by atoms with Crippen LogP contribution in [0.25, 0.3) is 11.1 Å². The summed E-state index contributed by atoms with van der Waals surface area (Å²) in [7, 11) is 0. The maximum atomic E-state index is 10.3. The largest absolute Gasteiger partial charge is 0.461 e. The molecule has 2 heterocycles. The molecule has 3 aromatic rings. The van der Waals surface area contributed by atoms with Crippen LogP contribution in [0, 0.1) is 0 Å². The molecule has 0 radical (unpaired) electrons. The van der Waals surface area contributed by atoms with Crippen LogP contribution in [-0.2, 0) is 11.2 Å². The minimum atomic E-state index is -1.51. The summed E-state index contributed by atoms with van der Waals surface area (Å²) in [5.41, 5.74) is 2.57. The fourth-order valence-corrected chi connectivity index (χ4v) is 3.39. The second kappa shape index (κ2) is 8.86. The minimum Gasteiger partial charge on any atom is -0.461 e. The van der Waals surface area contributed by atoms with Crippen LogP contribution >= 0.6 is 0 Å². The summed E-state index contributed by atoms with van der Waals surface area (Å²) < 4.78 is 11.3. The van der Waals surface area contributed by atoms with E-state index in [0.717, 1.165) is 16.7 Å². The zero-order valence-electron chi connectivity index (χ0n) is 15.9. The van der Waals surface area contributed by atoms with Crippen molar-refractivity contribution in [1.82, 2.24) is 20.6 Å². The van der Waals surface area contributed by atoms with Gasteiger partial charge in [-0.05, 0) is 17.2 Å². The SMILES string of the molecule is OC[C@H]1O[C@H](Oc2ccccc2-c2cccc(Cc3nn[nH]n3)c2)[C@@H](O)[C@@H](O)[C@@H]1O. The molecule has 10 heteroatoms. The second-order valence-corrected chi connectivity index (χ2v) is 7.02. The minimum absolute atomic E-state index is 0.415. The molecule has 0 bridgehead atoms. The number of nitrogens with zero attached hydrogens (tertiary/aromatic N) is 3. The Hall–Kier alpha value is -2.89. The van der Waals surface area contributed by atoms with Gasteiger partial charge in [0.1, 0.15) is 30.2 Å². The zero-order valence-corrected chi connectivity index (χ0v) is 15.9. The van der Waals surface area contributed by atoms with Crippen LogP contribution in [0.3, 0.4) is 0 Å². The molecule has 0 unspecified atom stereocenters. The van der Waals surface area contributed by atoms with Crippen molar-refractivity contribution >= 4 is 0 Å². The zero-order chi connectivity index (χ0) is 21.1. The number of nitrogens with one attached hydrogen (secondary N) is 1. The van der Waals surface area contributed by atoms with E-state index in [-0.39, 0.29) is 0 Å². The van der Waals surface area contributed by atoms with Crippen molar-refractivity contribution in [1.29, 1.82) is 0 Å². The number of para-hydroxylation sites is 1. The van der Waals surface area contributed by atoms with Gasteiger partial charge in [-0.1, -0.05) is 47.7 Å². The molecule has 1 aliphatic heterocycles. The number of aliphatic hydroxyl groups excluding tert-OH is 4. The molecule has 4 rings (SSSR count). The van der Waals surface area contributed by atoms with Crippen LogP contribution in [0.15, 0.2) is 48.5 Å². The Bertz CT molecular complexity index is 967. The monoisotopic (exact) mass is 414 g/mol. The predicted octanol–water partition coefficient (Wildman–Crippen LogP) is -0.364. The maximum absolute atomic E-state index is 10.3. The van der Waals surface area contributed by atoms with Crippen molar-refractivity contribution < 1.29 is 29.9 Å². The molecule has 1 fully saturated rings. The van der Waals surface area contributed by atoms with E-state index in [0.29, 0.717) is 18.0 Å². The van der Waals surface area contributed by atoms with Gasteiger partial charge >= 0.3 is 0 Å². The van der Waals surface area contributed by atoms with E-state index < -0.39 is 37.3 Å². The Kier molecular flexibility index (Phi) is 6.02. The molecule has 5 atom stereocenters. The number of aromatic amines is 1. The number of H-pyrrole nitrogens is 1. The number of rotatable bonds is 6. The van der Waals surface area contributed by atoms with Crippen molar-refractivity contribution in [2.75, 3.05) is 6.61 Å². The quantitative estimate of drug-likeness (QED) is 0.364. The van der Waals surface area contributed by atoms with Gasteiger partial charge in [0.25, 0.3) is 0 Å². The van der Waals surface area contributed by atoms with E-state index in [1.807, 2.05) is 36.4 Å². The van der Waals surface area contributed by atoms with E-state index in [1.165, 1.54) is 0 Å². The standard InChI is InChI=1S/C20H22N4O6/c25-10-15-17(26)18(27)19(28)20(30-15)29-14-7-2-1-6-13(14)12-5-3-4-11(8-12)9-16-21-23-24-22-16/h1-8,15,17-20,25-28H,9-10H2,(H,21,22,23,24)/t15-,17-,18+,19+,20+/m1/s1.